The van der Waals surface area contributed by atoms with Crippen molar-refractivity contribution in [1.29, 1.82) is 0 Å². The summed E-state index contributed by atoms with van der Waals surface area (Å²) in [7, 11) is 2.17. The van der Waals surface area contributed by atoms with Crippen LogP contribution in [0.4, 0.5) is 0 Å². The number of likely N-dealkylation sites (N-methyl/N-ethyl adjacent to an activating group) is 1. The molecule has 122 valence electrons. The van der Waals surface area contributed by atoms with Gasteiger partial charge in [0, 0.05) is 37.8 Å². The van der Waals surface area contributed by atoms with Crippen LogP contribution in [0.2, 0.25) is 0 Å². The van der Waals surface area contributed by atoms with Gasteiger partial charge in [-0.05, 0) is 14.0 Å². The van der Waals surface area contributed by atoms with Gasteiger partial charge in [0.1, 0.15) is 5.69 Å². The van der Waals surface area contributed by atoms with Crippen LogP contribution in [-0.4, -0.2) is 48.2 Å². The molecule has 1 fully saturated rings. The summed E-state index contributed by atoms with van der Waals surface area (Å²) in [6.45, 7) is 7.38. The van der Waals surface area contributed by atoms with Gasteiger partial charge in [-0.15, -0.1) is 24.8 Å². The minimum Gasteiger partial charge on any atom is -0.359 e. The number of benzene rings is 1. The summed E-state index contributed by atoms with van der Waals surface area (Å²) in [4.78, 5) is 4.77. The Morgan fingerprint density at radius 1 is 1.05 bits per heavy atom. The predicted molar refractivity (Wildman–Crippen MR) is 93.9 cm³/mol. The third kappa shape index (κ3) is 4.71. The number of halogens is 2. The summed E-state index contributed by atoms with van der Waals surface area (Å²) in [5.41, 5.74) is 3.30. The molecule has 0 amide bonds. The molecule has 0 saturated carbocycles. The van der Waals surface area contributed by atoms with E-state index >= 15 is 0 Å². The van der Waals surface area contributed by atoms with E-state index in [0.29, 0.717) is 0 Å². The van der Waals surface area contributed by atoms with E-state index in [1.165, 1.54) is 5.56 Å². The Bertz CT molecular complexity index is 563. The minimum absolute atomic E-state index is 0. The van der Waals surface area contributed by atoms with Gasteiger partial charge in [0.15, 0.2) is 5.76 Å². The smallest absolute Gasteiger partial charge is 0.151 e. The third-order valence-electron chi connectivity index (χ3n) is 3.88. The first kappa shape index (κ1) is 19.0. The van der Waals surface area contributed by atoms with Crippen LogP contribution in [0.5, 0.6) is 0 Å². The summed E-state index contributed by atoms with van der Waals surface area (Å²) in [6.07, 6.45) is 0. The molecule has 1 aromatic carbocycles. The number of aryl methyl sites for hydroxylation is 1. The van der Waals surface area contributed by atoms with E-state index in [1.54, 1.807) is 0 Å². The minimum atomic E-state index is 0. The van der Waals surface area contributed by atoms with E-state index in [2.05, 4.69) is 59.3 Å². The van der Waals surface area contributed by atoms with E-state index in [4.69, 9.17) is 4.52 Å². The molecule has 3 rings (SSSR count). The van der Waals surface area contributed by atoms with Crippen LogP contribution in [0.15, 0.2) is 34.9 Å². The van der Waals surface area contributed by atoms with Crippen molar-refractivity contribution in [3.63, 3.8) is 0 Å². The maximum atomic E-state index is 5.47. The van der Waals surface area contributed by atoms with E-state index < -0.39 is 0 Å². The zero-order valence-electron chi connectivity index (χ0n) is 13.0. The molecule has 0 N–H and O–H groups in total. The van der Waals surface area contributed by atoms with Crippen molar-refractivity contribution >= 4 is 24.8 Å². The van der Waals surface area contributed by atoms with Gasteiger partial charge in [-0.1, -0.05) is 35.0 Å². The molecular weight excluding hydrogens is 321 g/mol. The molecule has 0 bridgehead atoms. The van der Waals surface area contributed by atoms with Crippen LogP contribution in [0.3, 0.4) is 0 Å². The van der Waals surface area contributed by atoms with Gasteiger partial charge in [0.25, 0.3) is 0 Å². The number of rotatable bonds is 3. The zero-order chi connectivity index (χ0) is 13.9. The fourth-order valence-corrected chi connectivity index (χ4v) is 2.47. The third-order valence-corrected chi connectivity index (χ3v) is 3.88. The van der Waals surface area contributed by atoms with Gasteiger partial charge in [-0.25, -0.2) is 0 Å². The van der Waals surface area contributed by atoms with Gasteiger partial charge in [0.2, 0.25) is 0 Å². The Kier molecular flexibility index (Phi) is 7.36. The molecule has 2 heterocycles. The summed E-state index contributed by atoms with van der Waals surface area (Å²) in [6, 6.07) is 10.4. The van der Waals surface area contributed by atoms with E-state index in [1.807, 2.05) is 0 Å². The highest BCUT2D eigenvalue weighted by molar-refractivity contribution is 5.85. The van der Waals surface area contributed by atoms with Crippen LogP contribution >= 0.6 is 24.8 Å². The predicted octanol–water partition coefficient (Wildman–Crippen LogP) is 3.24. The second-order valence-corrected chi connectivity index (χ2v) is 5.62. The lowest BCUT2D eigenvalue weighted by atomic mass is 10.1. The van der Waals surface area contributed by atoms with Crippen molar-refractivity contribution in [2.24, 2.45) is 0 Å². The maximum absolute atomic E-state index is 5.47. The van der Waals surface area contributed by atoms with E-state index in [9.17, 15) is 0 Å². The molecule has 0 unspecified atom stereocenters. The molecule has 0 spiro atoms. The van der Waals surface area contributed by atoms with Crippen molar-refractivity contribution in [3.8, 4) is 11.3 Å². The zero-order valence-corrected chi connectivity index (χ0v) is 14.6. The number of nitrogens with zero attached hydrogens (tertiary/aromatic N) is 3. The number of hydrogen-bond donors (Lipinski definition) is 0. The first-order valence-electron chi connectivity index (χ1n) is 7.14. The fourth-order valence-electron chi connectivity index (χ4n) is 2.47. The van der Waals surface area contributed by atoms with Gasteiger partial charge >= 0.3 is 0 Å². The molecule has 4 nitrogen and oxygen atoms in total. The summed E-state index contributed by atoms with van der Waals surface area (Å²) in [5.74, 6) is 0.949. The summed E-state index contributed by atoms with van der Waals surface area (Å²) < 4.78 is 5.47. The van der Waals surface area contributed by atoms with Crippen LogP contribution in [0.1, 0.15) is 11.3 Å². The lowest BCUT2D eigenvalue weighted by molar-refractivity contribution is 0.137. The quantitative estimate of drug-likeness (QED) is 0.856. The molecule has 1 saturated heterocycles. The van der Waals surface area contributed by atoms with Crippen molar-refractivity contribution < 1.29 is 4.52 Å². The second-order valence-electron chi connectivity index (χ2n) is 5.62. The van der Waals surface area contributed by atoms with E-state index in [-0.39, 0.29) is 24.8 Å². The largest absolute Gasteiger partial charge is 0.359 e. The van der Waals surface area contributed by atoms with Crippen LogP contribution in [-0.2, 0) is 6.54 Å². The number of piperazine rings is 1. The van der Waals surface area contributed by atoms with Crippen LogP contribution < -0.4 is 0 Å². The Morgan fingerprint density at radius 2 is 1.68 bits per heavy atom. The van der Waals surface area contributed by atoms with E-state index in [0.717, 1.165) is 49.7 Å². The van der Waals surface area contributed by atoms with Gasteiger partial charge in [-0.3, -0.25) is 4.90 Å². The highest BCUT2D eigenvalue weighted by Gasteiger charge is 2.16. The molecule has 1 aliphatic heterocycles. The number of hydrogen-bond acceptors (Lipinski definition) is 4. The Hall–Kier alpha value is -1.07. The molecule has 1 aliphatic rings. The standard InChI is InChI=1S/C16H21N3O.2ClH/c1-13-3-5-14(6-4-13)16-11-15(20-17-16)12-19-9-7-18(2)8-10-19;;/h3-6,11H,7-10,12H2,1-2H3;2*1H. The molecule has 6 heteroatoms. The summed E-state index contributed by atoms with van der Waals surface area (Å²) >= 11 is 0. The highest BCUT2D eigenvalue weighted by atomic mass is 35.5. The van der Waals surface area contributed by atoms with Gasteiger partial charge < -0.3 is 9.42 Å². The lowest BCUT2D eigenvalue weighted by Gasteiger charge is -2.31. The SMILES string of the molecule is Cc1ccc(-c2cc(CN3CCN(C)CC3)on2)cc1.Cl.Cl. The fraction of sp³-hybridized carbons (Fsp3) is 0.438. The van der Waals surface area contributed by atoms with Gasteiger partial charge in [-0.2, -0.15) is 0 Å². The molecule has 0 radical (unpaired) electrons. The highest BCUT2D eigenvalue weighted by Crippen LogP contribution is 2.20. The molecule has 22 heavy (non-hydrogen) atoms. The van der Waals surface area contributed by atoms with Crippen molar-refractivity contribution in [2.45, 2.75) is 13.5 Å². The normalized spacial score (nSPS) is 15.9. The first-order chi connectivity index (χ1) is 9.70. The van der Waals surface area contributed by atoms with Crippen LogP contribution in [0.25, 0.3) is 11.3 Å². The van der Waals surface area contributed by atoms with Crippen molar-refractivity contribution in [3.05, 3.63) is 41.7 Å². The topological polar surface area (TPSA) is 32.5 Å². The average molecular weight is 344 g/mol. The first-order valence-corrected chi connectivity index (χ1v) is 7.14. The Balaban J connectivity index is 0.00000121. The Morgan fingerprint density at radius 3 is 2.32 bits per heavy atom. The van der Waals surface area contributed by atoms with Crippen molar-refractivity contribution in [1.82, 2.24) is 15.0 Å². The second kappa shape index (κ2) is 8.53. The van der Waals surface area contributed by atoms with Crippen LogP contribution in [0, 0.1) is 6.92 Å². The Labute approximate surface area is 144 Å². The molecule has 2 aromatic rings. The average Bonchev–Trinajstić information content (AvgIpc) is 2.91. The molecule has 0 aliphatic carbocycles. The lowest BCUT2D eigenvalue weighted by Crippen LogP contribution is -2.43. The summed E-state index contributed by atoms with van der Waals surface area (Å²) in [5, 5.41) is 4.18. The number of aromatic nitrogens is 1. The maximum Gasteiger partial charge on any atom is 0.151 e. The molecule has 0 atom stereocenters. The van der Waals surface area contributed by atoms with Crippen molar-refractivity contribution in [2.75, 3.05) is 33.2 Å². The van der Waals surface area contributed by atoms with Gasteiger partial charge in [0.05, 0.1) is 6.54 Å². The monoisotopic (exact) mass is 343 g/mol. The molecular formula is C16H23Cl2N3O. The molecule has 1 aromatic heterocycles.